The summed E-state index contributed by atoms with van der Waals surface area (Å²) in [5, 5.41) is 19.1. The second kappa shape index (κ2) is 22.7. The van der Waals surface area contributed by atoms with Crippen molar-refractivity contribution in [2.45, 2.75) is 51.5 Å². The Kier molecular flexibility index (Phi) is 43.8. The van der Waals surface area contributed by atoms with Crippen LogP contribution in [0.3, 0.4) is 0 Å². The zero-order chi connectivity index (χ0) is 9.86. The molecule has 0 aromatic heterocycles. The Morgan fingerprint density at radius 3 is 0.833 bits per heavy atom. The molecule has 4 heteroatoms. The van der Waals surface area contributed by atoms with E-state index in [1.165, 1.54) is 0 Å². The van der Waals surface area contributed by atoms with Crippen LogP contribution in [0.15, 0.2) is 0 Å². The predicted molar refractivity (Wildman–Crippen MR) is 47.8 cm³/mol. The van der Waals surface area contributed by atoms with Gasteiger partial charge in [-0.2, -0.15) is 0 Å². The van der Waals surface area contributed by atoms with Gasteiger partial charge in [0.05, 0.1) is 0 Å². The quantitative estimate of drug-likeness (QED) is 0.383. The first-order chi connectivity index (χ1) is 4.88. The van der Waals surface area contributed by atoms with Gasteiger partial charge in [0.2, 0.25) is 0 Å². The van der Waals surface area contributed by atoms with E-state index in [-0.39, 0.29) is 18.9 Å². The minimum absolute atomic E-state index is 0. The normalized spacial score (nSPS) is 6.83. The van der Waals surface area contributed by atoms with Gasteiger partial charge >= 0.3 is 45.7 Å². The van der Waals surface area contributed by atoms with E-state index in [2.05, 4.69) is 11.6 Å². The van der Waals surface area contributed by atoms with Crippen molar-refractivity contribution in [2.24, 2.45) is 0 Å². The fourth-order valence-corrected chi connectivity index (χ4v) is 0. The van der Waals surface area contributed by atoms with Gasteiger partial charge in [-0.15, -0.1) is 12.2 Å². The van der Waals surface area contributed by atoms with Crippen LogP contribution in [0, 0.1) is 0 Å². The largest absolute Gasteiger partial charge is 1.00 e. The van der Waals surface area contributed by atoms with E-state index in [4.69, 9.17) is 0 Å². The number of hydrogen-bond donors (Lipinski definition) is 0. The van der Waals surface area contributed by atoms with Crippen LogP contribution >= 0.6 is 0 Å². The Bertz CT molecular complexity index is 40.8. The molecular formula is C8H20AlLiO2. The maximum atomic E-state index is 9.53. The molecule has 0 unspecified atom stereocenters. The van der Waals surface area contributed by atoms with Gasteiger partial charge in [0.15, 0.2) is 0 Å². The van der Waals surface area contributed by atoms with Crippen LogP contribution in [-0.2, 0) is 0 Å². The second-order valence-electron chi connectivity index (χ2n) is 2.67. The molecule has 0 rings (SSSR count). The van der Waals surface area contributed by atoms with E-state index in [1.807, 2.05) is 0 Å². The summed E-state index contributed by atoms with van der Waals surface area (Å²) in [4.78, 5) is 0. The molecule has 0 aliphatic heterocycles. The molecule has 0 spiro atoms. The number of rotatable bonds is 0. The van der Waals surface area contributed by atoms with Gasteiger partial charge in [0, 0.05) is 0 Å². The number of hydrogen-bond acceptors (Lipinski definition) is 2. The van der Waals surface area contributed by atoms with Crippen molar-refractivity contribution < 1.29 is 29.1 Å². The van der Waals surface area contributed by atoms with E-state index in [9.17, 15) is 10.2 Å². The SMILES string of the molecule is CC(C)[O-].CC(C)[O-].[CH3][Al+][CH3].[Li+]. The Labute approximate surface area is 95.6 Å². The van der Waals surface area contributed by atoms with Gasteiger partial charge in [0.1, 0.15) is 0 Å². The van der Waals surface area contributed by atoms with Gasteiger partial charge in [0.25, 0.3) is 0 Å². The smallest absolute Gasteiger partial charge is 1.00 e. The van der Waals surface area contributed by atoms with Gasteiger partial charge in [-0.25, -0.2) is 0 Å². The van der Waals surface area contributed by atoms with Crippen LogP contribution in [0.25, 0.3) is 0 Å². The minimum atomic E-state index is -0.417. The molecule has 0 amide bonds. The third-order valence-electron chi connectivity index (χ3n) is 0. The van der Waals surface area contributed by atoms with E-state index < -0.39 is 12.2 Å². The van der Waals surface area contributed by atoms with Crippen LogP contribution in [0.4, 0.5) is 0 Å². The Morgan fingerprint density at radius 1 is 0.833 bits per heavy atom. The summed E-state index contributed by atoms with van der Waals surface area (Å²) in [5.74, 6) is 4.42. The van der Waals surface area contributed by atoms with Crippen molar-refractivity contribution >= 4 is 15.2 Å². The van der Waals surface area contributed by atoms with Crippen molar-refractivity contribution in [2.75, 3.05) is 0 Å². The first-order valence-electron chi connectivity index (χ1n) is 3.94. The van der Waals surface area contributed by atoms with Crippen LogP contribution in [-0.4, -0.2) is 27.4 Å². The molecule has 0 atom stereocenters. The molecule has 0 fully saturated rings. The fourth-order valence-electron chi connectivity index (χ4n) is 0. The summed E-state index contributed by atoms with van der Waals surface area (Å²) >= 11 is 0.750. The molecule has 68 valence electrons. The standard InChI is InChI=1S/2C3H7O.2CH3.Al.Li/c2*1-3(2)4;;;;/h2*3H,1-2H3;2*1H3;;/q2*-1;;;2*+1. The molecule has 0 N–H and O–H groups in total. The Hall–Kier alpha value is 1.05. The average Bonchev–Trinajstić information content (AvgIpc) is 1.60. The van der Waals surface area contributed by atoms with Crippen molar-refractivity contribution in [1.82, 2.24) is 0 Å². The van der Waals surface area contributed by atoms with Gasteiger partial charge in [-0.05, 0) is 0 Å². The van der Waals surface area contributed by atoms with Crippen LogP contribution < -0.4 is 29.1 Å². The third kappa shape index (κ3) is 1010. The summed E-state index contributed by atoms with van der Waals surface area (Å²) in [6, 6.07) is 0. The van der Waals surface area contributed by atoms with Crippen molar-refractivity contribution in [3.63, 3.8) is 0 Å². The molecule has 12 heavy (non-hydrogen) atoms. The van der Waals surface area contributed by atoms with Crippen molar-refractivity contribution in [3.05, 3.63) is 0 Å². The Balaban J connectivity index is -0.0000000389. The molecular weight excluding hydrogens is 162 g/mol. The average molecular weight is 182 g/mol. The van der Waals surface area contributed by atoms with Crippen LogP contribution in [0.1, 0.15) is 27.7 Å². The summed E-state index contributed by atoms with van der Waals surface area (Å²) in [7, 11) is 0. The third-order valence-corrected chi connectivity index (χ3v) is 0. The van der Waals surface area contributed by atoms with E-state index >= 15 is 0 Å². The van der Waals surface area contributed by atoms with Crippen LogP contribution in [0.2, 0.25) is 11.6 Å². The summed E-state index contributed by atoms with van der Waals surface area (Å²) in [6.45, 7) is 6.44. The summed E-state index contributed by atoms with van der Waals surface area (Å²) in [6.07, 6.45) is -0.833. The maximum absolute atomic E-state index is 9.53. The molecule has 0 aromatic rings. The first kappa shape index (κ1) is 23.1. The summed E-state index contributed by atoms with van der Waals surface area (Å²) < 4.78 is 0. The van der Waals surface area contributed by atoms with E-state index in [0.717, 1.165) is 15.2 Å². The molecule has 0 saturated carbocycles. The minimum Gasteiger partial charge on any atom is 1.00 e. The van der Waals surface area contributed by atoms with Gasteiger partial charge < -0.3 is 10.2 Å². The first-order valence-corrected chi connectivity index (χ1v) is 6.24. The maximum Gasteiger partial charge on any atom is 1.00 e. The van der Waals surface area contributed by atoms with E-state index in [0.29, 0.717) is 0 Å². The van der Waals surface area contributed by atoms with E-state index in [1.54, 1.807) is 27.7 Å². The molecule has 0 saturated heterocycles. The molecule has 0 aliphatic carbocycles. The zero-order valence-electron chi connectivity index (χ0n) is 9.55. The second-order valence-corrected chi connectivity index (χ2v) is 3.83. The predicted octanol–water partition coefficient (Wildman–Crippen LogP) is -2.70. The van der Waals surface area contributed by atoms with Crippen molar-refractivity contribution in [1.29, 1.82) is 0 Å². The molecule has 2 nitrogen and oxygen atoms in total. The molecule has 0 radical (unpaired) electrons. The topological polar surface area (TPSA) is 46.1 Å². The van der Waals surface area contributed by atoms with Gasteiger partial charge in [-0.1, -0.05) is 27.7 Å². The molecule has 0 heterocycles. The zero-order valence-corrected chi connectivity index (χ0v) is 10.7. The Morgan fingerprint density at radius 2 is 0.833 bits per heavy atom. The summed E-state index contributed by atoms with van der Waals surface area (Å²) in [5.41, 5.74) is 0. The molecule has 0 bridgehead atoms. The molecule has 0 aliphatic rings. The van der Waals surface area contributed by atoms with Gasteiger partial charge in [-0.3, -0.25) is 0 Å². The van der Waals surface area contributed by atoms with Crippen LogP contribution in [0.5, 0.6) is 0 Å². The fraction of sp³-hybridized carbons (Fsp3) is 1.00. The monoisotopic (exact) mass is 182 g/mol. The van der Waals surface area contributed by atoms with Crippen molar-refractivity contribution in [3.8, 4) is 0 Å². The molecule has 0 aromatic carbocycles.